The van der Waals surface area contributed by atoms with Crippen LogP contribution in [0.15, 0.2) is 43.1 Å². The zero-order chi connectivity index (χ0) is 17.1. The van der Waals surface area contributed by atoms with Gasteiger partial charge >= 0.3 is 0 Å². The predicted octanol–water partition coefficient (Wildman–Crippen LogP) is 1.98. The third kappa shape index (κ3) is 3.39. The summed E-state index contributed by atoms with van der Waals surface area (Å²) in [5, 5.41) is 11.9. The van der Waals surface area contributed by atoms with E-state index < -0.39 is 0 Å². The van der Waals surface area contributed by atoms with Crippen LogP contribution in [-0.2, 0) is 11.8 Å². The largest absolute Gasteiger partial charge is 0.372 e. The minimum absolute atomic E-state index is 0.0519. The van der Waals surface area contributed by atoms with E-state index in [0.717, 1.165) is 37.5 Å². The van der Waals surface area contributed by atoms with E-state index in [9.17, 15) is 0 Å². The number of aromatic nitrogens is 6. The molecule has 1 N–H and O–H groups in total. The van der Waals surface area contributed by atoms with E-state index in [4.69, 9.17) is 4.74 Å². The van der Waals surface area contributed by atoms with Crippen LogP contribution in [-0.4, -0.2) is 42.7 Å². The lowest BCUT2D eigenvalue weighted by molar-refractivity contribution is -0.0284. The number of aryl methyl sites for hydroxylation is 1. The van der Waals surface area contributed by atoms with Crippen molar-refractivity contribution in [1.29, 1.82) is 0 Å². The molecule has 4 rings (SSSR count). The summed E-state index contributed by atoms with van der Waals surface area (Å²) in [7, 11) is 1.96. The van der Waals surface area contributed by atoms with E-state index in [1.54, 1.807) is 23.3 Å². The lowest BCUT2D eigenvalue weighted by atomic mass is 9.92. The number of nitrogens with zero attached hydrogens (tertiary/aromatic N) is 6. The lowest BCUT2D eigenvalue weighted by Crippen LogP contribution is -2.29. The first kappa shape index (κ1) is 15.8. The van der Waals surface area contributed by atoms with Gasteiger partial charge in [0.25, 0.3) is 0 Å². The molecule has 0 spiro atoms. The predicted molar refractivity (Wildman–Crippen MR) is 92.3 cm³/mol. The Labute approximate surface area is 145 Å². The Hall–Kier alpha value is -2.74. The number of anilines is 1. The Kier molecular flexibility index (Phi) is 4.43. The molecule has 130 valence electrons. The number of nitrogens with one attached hydrogen (secondary N) is 1. The van der Waals surface area contributed by atoms with Crippen molar-refractivity contribution in [3.63, 3.8) is 0 Å². The van der Waals surface area contributed by atoms with Crippen molar-refractivity contribution in [2.45, 2.75) is 18.9 Å². The molecule has 1 saturated heterocycles. The van der Waals surface area contributed by atoms with E-state index in [2.05, 4.69) is 25.5 Å². The molecule has 3 aromatic rings. The summed E-state index contributed by atoms with van der Waals surface area (Å²) in [6.07, 6.45) is 11.0. The molecule has 0 aromatic carbocycles. The Morgan fingerprint density at radius 2 is 2.24 bits per heavy atom. The van der Waals surface area contributed by atoms with Crippen molar-refractivity contribution in [2.75, 3.05) is 18.5 Å². The van der Waals surface area contributed by atoms with Crippen LogP contribution >= 0.6 is 0 Å². The second-order valence-electron chi connectivity index (χ2n) is 6.17. The van der Waals surface area contributed by atoms with Gasteiger partial charge in [-0.05, 0) is 25.0 Å². The highest BCUT2D eigenvalue weighted by molar-refractivity contribution is 5.35. The molecule has 0 amide bonds. The van der Waals surface area contributed by atoms with E-state index in [-0.39, 0.29) is 6.10 Å². The van der Waals surface area contributed by atoms with Crippen molar-refractivity contribution < 1.29 is 4.74 Å². The summed E-state index contributed by atoms with van der Waals surface area (Å²) in [6.45, 7) is 1.56. The van der Waals surface area contributed by atoms with Gasteiger partial charge in [-0.2, -0.15) is 10.2 Å². The fourth-order valence-corrected chi connectivity index (χ4v) is 3.23. The maximum absolute atomic E-state index is 6.04. The SMILES string of the molecule is Cn1nccc1[C@@H]1OCCC[C@H]1CNc1cncc(-n2cccn2)n1. The molecule has 8 nitrogen and oxygen atoms in total. The summed E-state index contributed by atoms with van der Waals surface area (Å²) in [5.41, 5.74) is 1.11. The highest BCUT2D eigenvalue weighted by atomic mass is 16.5. The van der Waals surface area contributed by atoms with Crippen LogP contribution in [0.25, 0.3) is 5.82 Å². The topological polar surface area (TPSA) is 82.7 Å². The molecule has 4 heterocycles. The molecule has 8 heteroatoms. The molecular formula is C17H21N7O. The molecule has 1 aliphatic rings. The van der Waals surface area contributed by atoms with Gasteiger partial charge in [0.05, 0.1) is 18.1 Å². The molecule has 0 unspecified atom stereocenters. The van der Waals surface area contributed by atoms with Crippen LogP contribution in [0, 0.1) is 5.92 Å². The fourth-order valence-electron chi connectivity index (χ4n) is 3.23. The summed E-state index contributed by atoms with van der Waals surface area (Å²) >= 11 is 0. The summed E-state index contributed by atoms with van der Waals surface area (Å²) in [6, 6.07) is 3.89. The molecule has 2 atom stereocenters. The van der Waals surface area contributed by atoms with Gasteiger partial charge in [0.15, 0.2) is 5.82 Å². The maximum Gasteiger partial charge on any atom is 0.173 e. The molecule has 25 heavy (non-hydrogen) atoms. The first-order valence-corrected chi connectivity index (χ1v) is 8.47. The van der Waals surface area contributed by atoms with Gasteiger partial charge in [-0.3, -0.25) is 9.67 Å². The quantitative estimate of drug-likeness (QED) is 0.765. The van der Waals surface area contributed by atoms with Gasteiger partial charge in [-0.15, -0.1) is 0 Å². The summed E-state index contributed by atoms with van der Waals surface area (Å²) in [4.78, 5) is 8.83. The van der Waals surface area contributed by atoms with E-state index >= 15 is 0 Å². The third-order valence-electron chi connectivity index (χ3n) is 4.50. The molecule has 1 aliphatic heterocycles. The first-order chi connectivity index (χ1) is 12.3. The van der Waals surface area contributed by atoms with Crippen LogP contribution in [0.1, 0.15) is 24.6 Å². The van der Waals surface area contributed by atoms with Crippen LogP contribution in [0.5, 0.6) is 0 Å². The van der Waals surface area contributed by atoms with Gasteiger partial charge in [0.2, 0.25) is 0 Å². The van der Waals surface area contributed by atoms with Crippen molar-refractivity contribution in [1.82, 2.24) is 29.5 Å². The molecule has 0 radical (unpaired) electrons. The molecule has 0 bridgehead atoms. The number of rotatable bonds is 5. The van der Waals surface area contributed by atoms with Gasteiger partial charge in [0, 0.05) is 44.7 Å². The van der Waals surface area contributed by atoms with E-state index in [0.29, 0.717) is 11.7 Å². The minimum Gasteiger partial charge on any atom is -0.372 e. The Morgan fingerprint density at radius 1 is 1.28 bits per heavy atom. The molecule has 0 aliphatic carbocycles. The number of ether oxygens (including phenoxy) is 1. The number of hydrogen-bond donors (Lipinski definition) is 1. The lowest BCUT2D eigenvalue weighted by Gasteiger charge is -2.32. The Bertz CT molecular complexity index is 814. The van der Waals surface area contributed by atoms with Crippen molar-refractivity contribution in [3.8, 4) is 5.82 Å². The molecular weight excluding hydrogens is 318 g/mol. The van der Waals surface area contributed by atoms with Crippen LogP contribution < -0.4 is 5.32 Å². The van der Waals surface area contributed by atoms with E-state index in [1.807, 2.05) is 36.3 Å². The number of hydrogen-bond acceptors (Lipinski definition) is 6. The average Bonchev–Trinajstić information content (AvgIpc) is 3.32. The first-order valence-electron chi connectivity index (χ1n) is 8.47. The standard InChI is InChI=1S/C17H21N7O/c1-23-14(5-7-20-23)17-13(4-2-9-25-17)10-19-15-11-18-12-16(22-15)24-8-3-6-21-24/h3,5-8,11-13,17H,2,4,9-10H2,1H3,(H,19,22)/t13-,17+/m0/s1. The summed E-state index contributed by atoms with van der Waals surface area (Å²) in [5.74, 6) is 1.79. The zero-order valence-corrected chi connectivity index (χ0v) is 14.1. The normalized spacial score (nSPS) is 20.5. The van der Waals surface area contributed by atoms with Gasteiger partial charge in [-0.25, -0.2) is 9.67 Å². The zero-order valence-electron chi connectivity index (χ0n) is 14.1. The Balaban J connectivity index is 1.46. The fraction of sp³-hybridized carbons (Fsp3) is 0.412. The molecule has 3 aromatic heterocycles. The maximum atomic E-state index is 6.04. The second-order valence-corrected chi connectivity index (χ2v) is 6.17. The minimum atomic E-state index is 0.0519. The molecule has 0 saturated carbocycles. The van der Waals surface area contributed by atoms with Crippen molar-refractivity contribution in [3.05, 3.63) is 48.8 Å². The smallest absolute Gasteiger partial charge is 0.173 e. The highest BCUT2D eigenvalue weighted by Gasteiger charge is 2.29. The average molecular weight is 339 g/mol. The van der Waals surface area contributed by atoms with Gasteiger partial charge in [-0.1, -0.05) is 0 Å². The third-order valence-corrected chi connectivity index (χ3v) is 4.50. The summed E-state index contributed by atoms with van der Waals surface area (Å²) < 4.78 is 9.62. The highest BCUT2D eigenvalue weighted by Crippen LogP contribution is 2.33. The second kappa shape index (κ2) is 7.02. The van der Waals surface area contributed by atoms with E-state index in [1.165, 1.54) is 0 Å². The Morgan fingerprint density at radius 3 is 3.04 bits per heavy atom. The van der Waals surface area contributed by atoms with Crippen molar-refractivity contribution >= 4 is 5.82 Å². The van der Waals surface area contributed by atoms with Crippen LogP contribution in [0.2, 0.25) is 0 Å². The molecule has 1 fully saturated rings. The van der Waals surface area contributed by atoms with Crippen LogP contribution in [0.4, 0.5) is 5.82 Å². The van der Waals surface area contributed by atoms with Gasteiger partial charge < -0.3 is 10.1 Å². The monoisotopic (exact) mass is 339 g/mol. The van der Waals surface area contributed by atoms with Crippen LogP contribution in [0.3, 0.4) is 0 Å². The van der Waals surface area contributed by atoms with Crippen molar-refractivity contribution in [2.24, 2.45) is 13.0 Å². The van der Waals surface area contributed by atoms with Gasteiger partial charge in [0.1, 0.15) is 11.9 Å².